The molecule has 1 N–H and O–H groups in total. The molecule has 0 unspecified atom stereocenters. The maximum absolute atomic E-state index is 12.8. The molecular formula is C21H18N4O2. The molecule has 1 aliphatic heterocycles. The van der Waals surface area contributed by atoms with E-state index in [4.69, 9.17) is 0 Å². The first-order valence-electron chi connectivity index (χ1n) is 8.71. The first kappa shape index (κ1) is 16.9. The van der Waals surface area contributed by atoms with Crippen LogP contribution in [0.25, 0.3) is 0 Å². The minimum atomic E-state index is -0.0997. The van der Waals surface area contributed by atoms with Crippen molar-refractivity contribution in [3.05, 3.63) is 77.6 Å². The zero-order chi connectivity index (χ0) is 18.8. The van der Waals surface area contributed by atoms with E-state index in [0.29, 0.717) is 23.6 Å². The van der Waals surface area contributed by atoms with E-state index in [2.05, 4.69) is 15.3 Å². The van der Waals surface area contributed by atoms with E-state index < -0.39 is 0 Å². The SMILES string of the molecule is CC(=O)c1ccc(Nc2ncc(C(=O)N3CCc4ccccc43)cn2)cc1. The number of carbonyl (C=O) groups excluding carboxylic acids is 2. The summed E-state index contributed by atoms with van der Waals surface area (Å²) in [7, 11) is 0. The van der Waals surface area contributed by atoms with Crippen LogP contribution in [0.2, 0.25) is 0 Å². The number of fused-ring (bicyclic) bond motifs is 1. The largest absolute Gasteiger partial charge is 0.324 e. The maximum atomic E-state index is 12.8. The number of hydrogen-bond donors (Lipinski definition) is 1. The molecule has 0 bridgehead atoms. The third-order valence-corrected chi connectivity index (χ3v) is 4.58. The van der Waals surface area contributed by atoms with E-state index in [9.17, 15) is 9.59 Å². The minimum absolute atomic E-state index is 0.0177. The zero-order valence-electron chi connectivity index (χ0n) is 14.8. The van der Waals surface area contributed by atoms with Crippen molar-refractivity contribution in [1.29, 1.82) is 0 Å². The smallest absolute Gasteiger partial charge is 0.261 e. The normalized spacial score (nSPS) is 12.6. The molecule has 0 saturated carbocycles. The minimum Gasteiger partial charge on any atom is -0.324 e. The van der Waals surface area contributed by atoms with Gasteiger partial charge in [-0.05, 0) is 49.2 Å². The number of amides is 1. The van der Waals surface area contributed by atoms with Gasteiger partial charge in [0, 0.05) is 35.9 Å². The summed E-state index contributed by atoms with van der Waals surface area (Å²) in [6.07, 6.45) is 3.92. The highest BCUT2D eigenvalue weighted by Crippen LogP contribution is 2.28. The molecule has 2 heterocycles. The highest BCUT2D eigenvalue weighted by molar-refractivity contribution is 6.07. The van der Waals surface area contributed by atoms with Crippen LogP contribution in [0.15, 0.2) is 60.9 Å². The monoisotopic (exact) mass is 358 g/mol. The number of ketones is 1. The number of Topliss-reactive ketones (excluding diaryl/α,β-unsaturated/α-hetero) is 1. The lowest BCUT2D eigenvalue weighted by atomic mass is 10.1. The molecule has 1 aromatic heterocycles. The molecule has 6 nitrogen and oxygen atoms in total. The van der Waals surface area contributed by atoms with Gasteiger partial charge in [-0.1, -0.05) is 18.2 Å². The Bertz CT molecular complexity index is 997. The average Bonchev–Trinajstić information content (AvgIpc) is 3.12. The van der Waals surface area contributed by atoms with Gasteiger partial charge in [0.15, 0.2) is 5.78 Å². The van der Waals surface area contributed by atoms with Gasteiger partial charge in [0.2, 0.25) is 5.95 Å². The molecule has 4 rings (SSSR count). The van der Waals surface area contributed by atoms with Crippen LogP contribution in [0.1, 0.15) is 33.2 Å². The Morgan fingerprint density at radius 1 is 0.963 bits per heavy atom. The van der Waals surface area contributed by atoms with Crippen LogP contribution in [0, 0.1) is 0 Å². The van der Waals surface area contributed by atoms with Gasteiger partial charge in [-0.25, -0.2) is 9.97 Å². The predicted molar refractivity (Wildman–Crippen MR) is 104 cm³/mol. The van der Waals surface area contributed by atoms with Crippen LogP contribution in [0.3, 0.4) is 0 Å². The summed E-state index contributed by atoms with van der Waals surface area (Å²) in [5.74, 6) is 0.311. The highest BCUT2D eigenvalue weighted by atomic mass is 16.2. The van der Waals surface area contributed by atoms with Crippen LogP contribution < -0.4 is 10.2 Å². The Labute approximate surface area is 156 Å². The molecule has 0 aliphatic carbocycles. The molecule has 3 aromatic rings. The van der Waals surface area contributed by atoms with E-state index in [1.807, 2.05) is 24.3 Å². The van der Waals surface area contributed by atoms with Crippen molar-refractivity contribution in [2.24, 2.45) is 0 Å². The fourth-order valence-corrected chi connectivity index (χ4v) is 3.13. The quantitative estimate of drug-likeness (QED) is 0.721. The molecule has 0 saturated heterocycles. The second-order valence-electron chi connectivity index (χ2n) is 6.39. The number of carbonyl (C=O) groups is 2. The lowest BCUT2D eigenvalue weighted by molar-refractivity contribution is 0.0986. The van der Waals surface area contributed by atoms with Gasteiger partial charge >= 0.3 is 0 Å². The summed E-state index contributed by atoms with van der Waals surface area (Å²) >= 11 is 0. The van der Waals surface area contributed by atoms with E-state index in [1.165, 1.54) is 24.9 Å². The number of hydrogen-bond acceptors (Lipinski definition) is 5. The topological polar surface area (TPSA) is 75.2 Å². The Balaban J connectivity index is 1.47. The third-order valence-electron chi connectivity index (χ3n) is 4.58. The second-order valence-corrected chi connectivity index (χ2v) is 6.39. The molecule has 2 aromatic carbocycles. The van der Waals surface area contributed by atoms with E-state index >= 15 is 0 Å². The summed E-state index contributed by atoms with van der Waals surface area (Å²) < 4.78 is 0. The van der Waals surface area contributed by atoms with Gasteiger partial charge in [0.1, 0.15) is 0 Å². The molecule has 134 valence electrons. The third kappa shape index (κ3) is 3.42. The molecule has 0 fully saturated rings. The van der Waals surface area contributed by atoms with Crippen LogP contribution in [0.5, 0.6) is 0 Å². The summed E-state index contributed by atoms with van der Waals surface area (Å²) in [5, 5.41) is 3.06. The molecule has 0 radical (unpaired) electrons. The Kier molecular flexibility index (Phi) is 4.38. The van der Waals surface area contributed by atoms with E-state index in [1.54, 1.807) is 29.2 Å². The average molecular weight is 358 g/mol. The van der Waals surface area contributed by atoms with Gasteiger partial charge < -0.3 is 10.2 Å². The summed E-state index contributed by atoms with van der Waals surface area (Å²) in [5.41, 5.74) is 4.00. The van der Waals surface area contributed by atoms with Gasteiger partial charge in [-0.3, -0.25) is 9.59 Å². The Hall–Kier alpha value is -3.54. The molecule has 6 heteroatoms. The Morgan fingerprint density at radius 3 is 2.37 bits per heavy atom. The lowest BCUT2D eigenvalue weighted by Crippen LogP contribution is -2.29. The maximum Gasteiger partial charge on any atom is 0.261 e. The van der Waals surface area contributed by atoms with Crippen LogP contribution >= 0.6 is 0 Å². The first-order valence-corrected chi connectivity index (χ1v) is 8.71. The number of aromatic nitrogens is 2. The summed E-state index contributed by atoms with van der Waals surface area (Å²) in [4.78, 5) is 34.3. The van der Waals surface area contributed by atoms with E-state index in [0.717, 1.165) is 17.8 Å². The molecule has 1 amide bonds. The molecule has 0 atom stereocenters. The number of nitrogens with one attached hydrogen (secondary N) is 1. The van der Waals surface area contributed by atoms with Crippen molar-refractivity contribution < 1.29 is 9.59 Å². The van der Waals surface area contributed by atoms with Gasteiger partial charge in [0.05, 0.1) is 5.56 Å². The number of nitrogens with zero attached hydrogens (tertiary/aromatic N) is 3. The van der Waals surface area contributed by atoms with Crippen LogP contribution in [-0.2, 0) is 6.42 Å². The van der Waals surface area contributed by atoms with Crippen LogP contribution in [-0.4, -0.2) is 28.2 Å². The second kappa shape index (κ2) is 6.99. The summed E-state index contributed by atoms with van der Waals surface area (Å²) in [6.45, 7) is 2.20. The predicted octanol–water partition coefficient (Wildman–Crippen LogP) is 3.63. The van der Waals surface area contributed by atoms with Crippen molar-refractivity contribution in [3.8, 4) is 0 Å². The molecule has 1 aliphatic rings. The van der Waals surface area contributed by atoms with Gasteiger partial charge in [-0.15, -0.1) is 0 Å². The zero-order valence-corrected chi connectivity index (χ0v) is 14.8. The number of rotatable bonds is 4. The fraction of sp³-hybridized carbons (Fsp3) is 0.143. The Morgan fingerprint density at radius 2 is 1.67 bits per heavy atom. The molecule has 0 spiro atoms. The van der Waals surface area contributed by atoms with Gasteiger partial charge in [0.25, 0.3) is 5.91 Å². The number of para-hydroxylation sites is 1. The van der Waals surface area contributed by atoms with Crippen molar-refractivity contribution >= 4 is 29.0 Å². The highest BCUT2D eigenvalue weighted by Gasteiger charge is 2.25. The molecular weight excluding hydrogens is 340 g/mol. The van der Waals surface area contributed by atoms with Crippen molar-refractivity contribution in [3.63, 3.8) is 0 Å². The fourth-order valence-electron chi connectivity index (χ4n) is 3.13. The van der Waals surface area contributed by atoms with E-state index in [-0.39, 0.29) is 11.7 Å². The van der Waals surface area contributed by atoms with Crippen molar-refractivity contribution in [1.82, 2.24) is 9.97 Å². The standard InChI is InChI=1S/C21H18N4O2/c1-14(26)15-6-8-18(9-7-15)24-21-22-12-17(13-23-21)20(27)25-11-10-16-4-2-3-5-19(16)25/h2-9,12-13H,10-11H2,1H3,(H,22,23,24). The molecule has 27 heavy (non-hydrogen) atoms. The van der Waals surface area contributed by atoms with Gasteiger partial charge in [-0.2, -0.15) is 0 Å². The first-order chi connectivity index (χ1) is 13.1. The number of benzene rings is 2. The number of anilines is 3. The van der Waals surface area contributed by atoms with Crippen molar-refractivity contribution in [2.45, 2.75) is 13.3 Å². The lowest BCUT2D eigenvalue weighted by Gasteiger charge is -2.17. The summed E-state index contributed by atoms with van der Waals surface area (Å²) in [6, 6.07) is 15.0. The van der Waals surface area contributed by atoms with Crippen molar-refractivity contribution in [2.75, 3.05) is 16.8 Å². The van der Waals surface area contributed by atoms with Crippen LogP contribution in [0.4, 0.5) is 17.3 Å².